The summed E-state index contributed by atoms with van der Waals surface area (Å²) in [5.41, 5.74) is 7.35. The fourth-order valence-electron chi connectivity index (χ4n) is 2.28. The van der Waals surface area contributed by atoms with Crippen LogP contribution in [0.5, 0.6) is 0 Å². The van der Waals surface area contributed by atoms with Gasteiger partial charge in [-0.1, -0.05) is 43.6 Å². The Bertz CT molecular complexity index is 730. The maximum absolute atomic E-state index is 12.0. The molecule has 2 unspecified atom stereocenters. The molecule has 23 heavy (non-hydrogen) atoms. The predicted octanol–water partition coefficient (Wildman–Crippen LogP) is 0.685. The van der Waals surface area contributed by atoms with Crippen molar-refractivity contribution in [1.29, 1.82) is 0 Å². The monoisotopic (exact) mass is 501 g/mol. The molecule has 0 saturated carbocycles. The number of nitrogens with zero attached hydrogens (tertiary/aromatic N) is 4. The number of aliphatic hydroxyl groups is 2. The number of hydrogen-bond acceptors (Lipinski definition) is 6. The number of alkyl halides is 2. The molecule has 5 atom stereocenters. The van der Waals surface area contributed by atoms with Gasteiger partial charge in [0.2, 0.25) is 0 Å². The van der Waals surface area contributed by atoms with Crippen LogP contribution in [0.4, 0.5) is 0 Å². The van der Waals surface area contributed by atoms with E-state index in [2.05, 4.69) is 30.9 Å². The Morgan fingerprint density at radius 3 is 2.87 bits per heavy atom. The van der Waals surface area contributed by atoms with Crippen molar-refractivity contribution < 1.29 is 14.9 Å². The summed E-state index contributed by atoms with van der Waals surface area (Å²) in [6, 6.07) is -0.837. The first kappa shape index (κ1) is 18.4. The number of halogens is 2. The van der Waals surface area contributed by atoms with Crippen LogP contribution in [0.1, 0.15) is 24.3 Å². The Morgan fingerprint density at radius 2 is 2.35 bits per heavy atom. The smallest absolute Gasteiger partial charge is 0.330 e. The molecule has 1 saturated heterocycles. The van der Waals surface area contributed by atoms with Gasteiger partial charge in [-0.3, -0.25) is 14.3 Å². The minimum Gasteiger partial charge on any atom is -0.394 e. The van der Waals surface area contributed by atoms with Crippen molar-refractivity contribution in [3.05, 3.63) is 43.0 Å². The lowest BCUT2D eigenvalue weighted by Crippen LogP contribution is -2.35. The molecule has 126 valence electrons. The average molecular weight is 502 g/mol. The molecule has 0 aliphatic carbocycles. The molecule has 12 heteroatoms. The van der Waals surface area contributed by atoms with Gasteiger partial charge in [0.15, 0.2) is 0 Å². The van der Waals surface area contributed by atoms with E-state index in [1.54, 1.807) is 0 Å². The molecule has 0 radical (unpaired) electrons. The summed E-state index contributed by atoms with van der Waals surface area (Å²) < 4.78 is 6.15. The number of aromatic nitrogens is 2. The van der Waals surface area contributed by atoms with Crippen molar-refractivity contribution in [2.24, 2.45) is 5.11 Å². The maximum Gasteiger partial charge on any atom is 0.330 e. The van der Waals surface area contributed by atoms with Crippen LogP contribution in [0.2, 0.25) is 0 Å². The van der Waals surface area contributed by atoms with Crippen LogP contribution in [0, 0.1) is 0 Å². The number of aromatic amines is 1. The average Bonchev–Trinajstić information content (AvgIpc) is 2.86. The van der Waals surface area contributed by atoms with E-state index in [9.17, 15) is 14.7 Å². The standard InChI is InChI=1S/C11H13BrIN5O5/c12-9(13)8(16-17-14)4-2-18(11(22)15-10(4)21)7-1-5(20)6(3-19)23-7/h2,5-9,19-20H,1,3H2,(H,15,21,22)/t5-,6+,7+,8?,9?/m0/s1. The predicted molar refractivity (Wildman–Crippen MR) is 91.6 cm³/mol. The van der Waals surface area contributed by atoms with Crippen molar-refractivity contribution in [3.63, 3.8) is 0 Å². The van der Waals surface area contributed by atoms with Crippen LogP contribution in [0.25, 0.3) is 10.4 Å². The fourth-order valence-corrected chi connectivity index (χ4v) is 3.20. The molecule has 0 amide bonds. The van der Waals surface area contributed by atoms with Gasteiger partial charge < -0.3 is 14.9 Å². The minimum atomic E-state index is -0.922. The van der Waals surface area contributed by atoms with Crippen LogP contribution in [-0.2, 0) is 4.74 Å². The summed E-state index contributed by atoms with van der Waals surface area (Å²) in [6.45, 7) is -0.388. The molecule has 1 aliphatic rings. The van der Waals surface area contributed by atoms with Crippen molar-refractivity contribution in [2.75, 3.05) is 6.61 Å². The van der Waals surface area contributed by atoms with Crippen molar-refractivity contribution in [2.45, 2.75) is 33.7 Å². The molecule has 1 aromatic rings. The highest BCUT2D eigenvalue weighted by Crippen LogP contribution is 2.31. The zero-order valence-corrected chi connectivity index (χ0v) is 15.3. The molecule has 0 aromatic carbocycles. The molecule has 10 nitrogen and oxygen atoms in total. The molecular formula is C11H13BrIN5O5. The van der Waals surface area contributed by atoms with Crippen LogP contribution in [0.3, 0.4) is 0 Å². The summed E-state index contributed by atoms with van der Waals surface area (Å²) in [7, 11) is 0. The van der Waals surface area contributed by atoms with E-state index in [1.807, 2.05) is 22.6 Å². The van der Waals surface area contributed by atoms with Gasteiger partial charge in [-0.25, -0.2) is 4.79 Å². The second kappa shape index (κ2) is 7.77. The topological polar surface area (TPSA) is 153 Å². The summed E-state index contributed by atoms with van der Waals surface area (Å²) in [6.07, 6.45) is -1.22. The fraction of sp³-hybridized carbons (Fsp3) is 0.636. The Morgan fingerprint density at radius 1 is 1.65 bits per heavy atom. The number of aliphatic hydroxyl groups excluding tert-OH is 2. The minimum absolute atomic E-state index is 0.0872. The van der Waals surface area contributed by atoms with Gasteiger partial charge in [0, 0.05) is 23.1 Å². The molecule has 1 aromatic heterocycles. The van der Waals surface area contributed by atoms with Crippen LogP contribution >= 0.6 is 38.5 Å². The normalized spacial score (nSPS) is 26.5. The maximum atomic E-state index is 12.0. The van der Waals surface area contributed by atoms with Gasteiger partial charge in [-0.15, -0.1) is 0 Å². The highest BCUT2D eigenvalue weighted by atomic mass is 127. The van der Waals surface area contributed by atoms with E-state index in [4.69, 9.17) is 15.4 Å². The van der Waals surface area contributed by atoms with Gasteiger partial charge in [0.1, 0.15) is 12.3 Å². The number of ether oxygens (including phenoxy) is 1. The molecule has 0 bridgehead atoms. The zero-order valence-electron chi connectivity index (χ0n) is 11.5. The van der Waals surface area contributed by atoms with Gasteiger partial charge in [0.05, 0.1) is 21.6 Å². The molecule has 3 N–H and O–H groups in total. The first-order valence-corrected chi connectivity index (χ1v) is 8.67. The van der Waals surface area contributed by atoms with E-state index in [0.29, 0.717) is 0 Å². The second-order valence-corrected chi connectivity index (χ2v) is 8.89. The summed E-state index contributed by atoms with van der Waals surface area (Å²) in [4.78, 5) is 28.9. The lowest BCUT2D eigenvalue weighted by molar-refractivity contribution is -0.0460. The number of nitrogens with one attached hydrogen (secondary N) is 1. The van der Waals surface area contributed by atoms with Crippen LogP contribution < -0.4 is 11.2 Å². The first-order valence-electron chi connectivity index (χ1n) is 6.51. The largest absolute Gasteiger partial charge is 0.394 e. The third-order valence-electron chi connectivity index (χ3n) is 3.42. The lowest BCUT2D eigenvalue weighted by Gasteiger charge is -2.17. The Labute approximate surface area is 151 Å². The van der Waals surface area contributed by atoms with E-state index in [-0.39, 0.29) is 21.4 Å². The van der Waals surface area contributed by atoms with Crippen LogP contribution in [-0.4, -0.2) is 41.4 Å². The van der Waals surface area contributed by atoms with E-state index < -0.39 is 35.7 Å². The third kappa shape index (κ3) is 3.95. The quantitative estimate of drug-likeness (QED) is 0.178. The molecular weight excluding hydrogens is 489 g/mol. The van der Waals surface area contributed by atoms with E-state index >= 15 is 0 Å². The highest BCUT2D eigenvalue weighted by molar-refractivity contribution is 14.1. The number of rotatable bonds is 5. The molecule has 2 rings (SSSR count). The molecule has 0 spiro atoms. The van der Waals surface area contributed by atoms with Gasteiger partial charge >= 0.3 is 5.69 Å². The Hall–Kier alpha value is -0.920. The van der Waals surface area contributed by atoms with Crippen LogP contribution in [0.15, 0.2) is 20.9 Å². The lowest BCUT2D eigenvalue weighted by atomic mass is 10.1. The molecule has 2 heterocycles. The number of azide groups is 1. The molecule has 1 aliphatic heterocycles. The first-order chi connectivity index (χ1) is 10.9. The van der Waals surface area contributed by atoms with E-state index in [1.165, 1.54) is 6.20 Å². The highest BCUT2D eigenvalue weighted by Gasteiger charge is 2.35. The third-order valence-corrected chi connectivity index (χ3v) is 4.61. The van der Waals surface area contributed by atoms with Gasteiger partial charge in [-0.05, 0) is 5.53 Å². The SMILES string of the molecule is [N-]=[N+]=NC(c1cn([C@H]2C[C@H](O)[C@@H](CO)O2)c(=O)[nH]c1=O)C(Br)I. The number of hydrogen-bond donors (Lipinski definition) is 3. The zero-order chi connectivity index (χ0) is 17.1. The van der Waals surface area contributed by atoms with Crippen molar-refractivity contribution >= 4 is 38.5 Å². The van der Waals surface area contributed by atoms with Crippen molar-refractivity contribution in [3.8, 4) is 0 Å². The van der Waals surface area contributed by atoms with Crippen molar-refractivity contribution in [1.82, 2.24) is 9.55 Å². The Kier molecular flexibility index (Phi) is 6.22. The number of H-pyrrole nitrogens is 1. The van der Waals surface area contributed by atoms with Gasteiger partial charge in [-0.2, -0.15) is 0 Å². The summed E-state index contributed by atoms with van der Waals surface area (Å²) in [5.74, 6) is 0. The van der Waals surface area contributed by atoms with Gasteiger partial charge in [0.25, 0.3) is 5.56 Å². The second-order valence-electron chi connectivity index (χ2n) is 4.85. The molecule has 1 fully saturated rings. The summed E-state index contributed by atoms with van der Waals surface area (Å²) in [5, 5.41) is 22.4. The summed E-state index contributed by atoms with van der Waals surface area (Å²) >= 11 is 5.18. The Balaban J connectivity index is 2.47. The van der Waals surface area contributed by atoms with E-state index in [0.717, 1.165) is 4.57 Å².